The van der Waals surface area contributed by atoms with Crippen LogP contribution in [0.15, 0.2) is 54.6 Å². The summed E-state index contributed by atoms with van der Waals surface area (Å²) >= 11 is 3.45. The van der Waals surface area contributed by atoms with E-state index in [1.54, 1.807) is 12.1 Å². The number of hydrogen-bond acceptors (Lipinski definition) is 2. The number of hydrogen-bond donors (Lipinski definition) is 0. The topological polar surface area (TPSA) is 26.3 Å². The summed E-state index contributed by atoms with van der Waals surface area (Å²) in [4.78, 5) is 12.2. The van der Waals surface area contributed by atoms with Gasteiger partial charge in [-0.3, -0.25) is 0 Å². The van der Waals surface area contributed by atoms with Crippen LogP contribution in [0.4, 0.5) is 0 Å². The van der Waals surface area contributed by atoms with Crippen molar-refractivity contribution < 1.29 is 9.53 Å². The van der Waals surface area contributed by atoms with Crippen LogP contribution in [-0.2, 0) is 4.74 Å². The molecule has 0 aromatic heterocycles. The third kappa shape index (κ3) is 3.94. The van der Waals surface area contributed by atoms with Crippen LogP contribution < -0.4 is 0 Å². The molecule has 1 atom stereocenters. The zero-order chi connectivity index (χ0) is 15.5. The molecule has 0 heterocycles. The van der Waals surface area contributed by atoms with Crippen molar-refractivity contribution in [3.63, 3.8) is 0 Å². The molecular weight excluding hydrogens is 328 g/mol. The van der Waals surface area contributed by atoms with Crippen molar-refractivity contribution in [2.24, 2.45) is 5.92 Å². The summed E-state index contributed by atoms with van der Waals surface area (Å²) in [5.41, 5.74) is 2.77. The average Bonchev–Trinajstić information content (AvgIpc) is 2.48. The first-order valence-corrected chi connectivity index (χ1v) is 7.77. The van der Waals surface area contributed by atoms with Crippen molar-refractivity contribution in [3.05, 3.63) is 60.2 Å². The quantitative estimate of drug-likeness (QED) is 0.556. The molecule has 0 N–H and O–H groups in total. The smallest absolute Gasteiger partial charge is 0.339 e. The maximum absolute atomic E-state index is 12.2. The van der Waals surface area contributed by atoms with Gasteiger partial charge in [-0.2, -0.15) is 0 Å². The zero-order valence-electron chi connectivity index (χ0n) is 12.5. The van der Waals surface area contributed by atoms with Crippen LogP contribution in [0.25, 0.3) is 11.1 Å². The second-order valence-corrected chi connectivity index (χ2v) is 7.05. The first kappa shape index (κ1) is 15.8. The summed E-state index contributed by atoms with van der Waals surface area (Å²) in [6.07, 6.45) is 0. The van der Waals surface area contributed by atoms with Crippen molar-refractivity contribution in [3.8, 4) is 11.1 Å². The van der Waals surface area contributed by atoms with E-state index in [2.05, 4.69) is 15.9 Å². The summed E-state index contributed by atoms with van der Waals surface area (Å²) < 4.78 is 4.86. The molecule has 2 aromatic rings. The monoisotopic (exact) mass is 346 g/mol. The van der Waals surface area contributed by atoms with Crippen LogP contribution in [0, 0.1) is 5.92 Å². The fraction of sp³-hybridized carbons (Fsp3) is 0.278. The molecule has 0 amide bonds. The lowest BCUT2D eigenvalue weighted by molar-refractivity contribution is 0.0142. The standard InChI is InChI=1S/C18H19BrO2/c1-13(2)18(3,19)21-17(20)16-11-9-15(10-12-16)14-7-5-4-6-8-14/h4-13H,1-3H3. The van der Waals surface area contributed by atoms with E-state index >= 15 is 0 Å². The molecular formula is C18H19BrO2. The van der Waals surface area contributed by atoms with Gasteiger partial charge < -0.3 is 4.74 Å². The van der Waals surface area contributed by atoms with Gasteiger partial charge in [-0.1, -0.05) is 56.3 Å². The summed E-state index contributed by atoms with van der Waals surface area (Å²) in [5.74, 6) is -0.132. The first-order valence-electron chi connectivity index (χ1n) is 6.98. The van der Waals surface area contributed by atoms with Gasteiger partial charge in [0.1, 0.15) is 0 Å². The normalized spacial score (nSPS) is 13.8. The van der Waals surface area contributed by atoms with Crippen LogP contribution in [0.3, 0.4) is 0 Å². The fourth-order valence-electron chi connectivity index (χ4n) is 1.79. The van der Waals surface area contributed by atoms with Gasteiger partial charge >= 0.3 is 5.97 Å². The van der Waals surface area contributed by atoms with Crippen molar-refractivity contribution in [1.82, 2.24) is 0 Å². The van der Waals surface area contributed by atoms with Gasteiger partial charge in [-0.05, 0) is 46.1 Å². The molecule has 0 aliphatic heterocycles. The number of ether oxygens (including phenoxy) is 1. The number of carbonyl (C=O) groups is 1. The lowest BCUT2D eigenvalue weighted by Crippen LogP contribution is -2.30. The van der Waals surface area contributed by atoms with Crippen LogP contribution in [-0.4, -0.2) is 10.5 Å². The Morgan fingerprint density at radius 1 is 1.00 bits per heavy atom. The lowest BCUT2D eigenvalue weighted by atomic mass is 10.0. The number of carbonyl (C=O) groups excluding carboxylic acids is 1. The van der Waals surface area contributed by atoms with Crippen LogP contribution in [0.2, 0.25) is 0 Å². The highest BCUT2D eigenvalue weighted by atomic mass is 79.9. The van der Waals surface area contributed by atoms with Gasteiger partial charge in [0.2, 0.25) is 0 Å². The maximum Gasteiger partial charge on any atom is 0.339 e. The van der Waals surface area contributed by atoms with Gasteiger partial charge in [0.05, 0.1) is 5.56 Å². The molecule has 0 saturated heterocycles. The minimum atomic E-state index is -0.651. The van der Waals surface area contributed by atoms with Gasteiger partial charge in [-0.25, -0.2) is 4.79 Å². The predicted octanol–water partition coefficient (Wildman–Crippen LogP) is 5.28. The highest BCUT2D eigenvalue weighted by Crippen LogP contribution is 2.29. The van der Waals surface area contributed by atoms with Gasteiger partial charge in [0, 0.05) is 5.92 Å². The van der Waals surface area contributed by atoms with Crippen LogP contribution in [0.5, 0.6) is 0 Å². The Labute approximate surface area is 134 Å². The summed E-state index contributed by atoms with van der Waals surface area (Å²) in [6, 6.07) is 17.5. The van der Waals surface area contributed by atoms with Crippen molar-refractivity contribution in [2.75, 3.05) is 0 Å². The van der Waals surface area contributed by atoms with Crippen molar-refractivity contribution in [1.29, 1.82) is 0 Å². The van der Waals surface area contributed by atoms with E-state index in [-0.39, 0.29) is 11.9 Å². The number of rotatable bonds is 4. The number of halogens is 1. The Kier molecular flexibility index (Phi) is 4.84. The van der Waals surface area contributed by atoms with E-state index in [9.17, 15) is 4.79 Å². The molecule has 0 aliphatic rings. The molecule has 2 nitrogen and oxygen atoms in total. The molecule has 0 fully saturated rings. The van der Waals surface area contributed by atoms with E-state index in [0.717, 1.165) is 11.1 Å². The molecule has 2 rings (SSSR count). The number of alkyl halides is 1. The Balaban J connectivity index is 2.14. The second-order valence-electron chi connectivity index (χ2n) is 5.47. The van der Waals surface area contributed by atoms with Gasteiger partial charge in [-0.15, -0.1) is 0 Å². The predicted molar refractivity (Wildman–Crippen MR) is 89.5 cm³/mol. The molecule has 3 heteroatoms. The van der Waals surface area contributed by atoms with E-state index in [0.29, 0.717) is 5.56 Å². The molecule has 0 saturated carbocycles. The number of esters is 1. The Morgan fingerprint density at radius 3 is 2.05 bits per heavy atom. The minimum absolute atomic E-state index is 0.185. The van der Waals surface area contributed by atoms with Gasteiger partial charge in [0.15, 0.2) is 4.51 Å². The van der Waals surface area contributed by atoms with E-state index in [1.165, 1.54) is 0 Å². The summed E-state index contributed by atoms with van der Waals surface area (Å²) in [5, 5.41) is 0. The average molecular weight is 347 g/mol. The zero-order valence-corrected chi connectivity index (χ0v) is 14.1. The molecule has 21 heavy (non-hydrogen) atoms. The van der Waals surface area contributed by atoms with E-state index in [4.69, 9.17) is 4.74 Å². The Hall–Kier alpha value is -1.61. The highest BCUT2D eigenvalue weighted by Gasteiger charge is 2.29. The second kappa shape index (κ2) is 6.44. The van der Waals surface area contributed by atoms with Crippen LogP contribution >= 0.6 is 15.9 Å². The maximum atomic E-state index is 12.2. The van der Waals surface area contributed by atoms with E-state index in [1.807, 2.05) is 63.2 Å². The Bertz CT molecular complexity index is 601. The Morgan fingerprint density at radius 2 is 1.52 bits per heavy atom. The SMILES string of the molecule is CC(C)C(C)(Br)OC(=O)c1ccc(-c2ccccc2)cc1. The molecule has 2 aromatic carbocycles. The fourth-order valence-corrected chi connectivity index (χ4v) is 1.93. The first-order chi connectivity index (χ1) is 9.90. The number of benzene rings is 2. The summed E-state index contributed by atoms with van der Waals surface area (Å²) in [6.45, 7) is 5.86. The molecule has 0 spiro atoms. The summed E-state index contributed by atoms with van der Waals surface area (Å²) in [7, 11) is 0. The molecule has 0 aliphatic carbocycles. The van der Waals surface area contributed by atoms with Crippen molar-refractivity contribution in [2.45, 2.75) is 25.3 Å². The van der Waals surface area contributed by atoms with Gasteiger partial charge in [0.25, 0.3) is 0 Å². The largest absolute Gasteiger partial charge is 0.444 e. The molecule has 1 unspecified atom stereocenters. The highest BCUT2D eigenvalue weighted by molar-refractivity contribution is 9.10. The third-order valence-corrected chi connectivity index (χ3v) is 4.63. The van der Waals surface area contributed by atoms with Crippen LogP contribution in [0.1, 0.15) is 31.1 Å². The third-order valence-electron chi connectivity index (χ3n) is 3.55. The van der Waals surface area contributed by atoms with E-state index < -0.39 is 4.51 Å². The van der Waals surface area contributed by atoms with Crippen molar-refractivity contribution >= 4 is 21.9 Å². The lowest BCUT2D eigenvalue weighted by Gasteiger charge is -2.27. The molecule has 110 valence electrons. The molecule has 0 radical (unpaired) electrons. The minimum Gasteiger partial charge on any atom is -0.444 e. The molecule has 0 bridgehead atoms.